The zero-order valence-corrected chi connectivity index (χ0v) is 19.0. The third kappa shape index (κ3) is 3.97. The van der Waals surface area contributed by atoms with E-state index in [9.17, 15) is 9.59 Å². The summed E-state index contributed by atoms with van der Waals surface area (Å²) in [4.78, 5) is 36.4. The molecule has 0 aliphatic rings. The molecule has 0 amide bonds. The van der Waals surface area contributed by atoms with E-state index in [0.29, 0.717) is 23.5 Å². The van der Waals surface area contributed by atoms with Crippen LogP contribution >= 0.6 is 11.8 Å². The average molecular weight is 439 g/mol. The minimum atomic E-state index is -0.409. The van der Waals surface area contributed by atoms with Crippen LogP contribution in [0.25, 0.3) is 16.9 Å². The highest BCUT2D eigenvalue weighted by molar-refractivity contribution is 7.98. The number of aryl methyl sites for hydroxylation is 4. The molecule has 0 spiro atoms. The number of hydrogen-bond donors (Lipinski definition) is 1. The lowest BCUT2D eigenvalue weighted by atomic mass is 10.1. The maximum atomic E-state index is 12.4. The fourth-order valence-electron chi connectivity index (χ4n) is 3.63. The van der Waals surface area contributed by atoms with Gasteiger partial charge in [0.25, 0.3) is 5.56 Å². The molecule has 162 valence electrons. The molecule has 3 aromatic heterocycles. The number of fused-ring (bicyclic) bond motifs is 1. The summed E-state index contributed by atoms with van der Waals surface area (Å²) in [5, 5.41) is 0.845. The monoisotopic (exact) mass is 438 g/mol. The summed E-state index contributed by atoms with van der Waals surface area (Å²) in [6.07, 6.45) is 5.52. The lowest BCUT2D eigenvalue weighted by Crippen LogP contribution is -2.31. The third-order valence-electron chi connectivity index (χ3n) is 5.40. The molecule has 0 fully saturated rings. The quantitative estimate of drug-likeness (QED) is 0.447. The van der Waals surface area contributed by atoms with Crippen LogP contribution in [-0.4, -0.2) is 28.7 Å². The fraction of sp³-hybridized carbons (Fsp3) is 0.364. The Balaban J connectivity index is 1.68. The molecule has 0 saturated carbocycles. The Bertz CT molecular complexity index is 1360. The molecule has 8 nitrogen and oxygen atoms in total. The van der Waals surface area contributed by atoms with Crippen LogP contribution in [0.4, 0.5) is 0 Å². The minimum absolute atomic E-state index is 0.407. The summed E-state index contributed by atoms with van der Waals surface area (Å²) in [7, 11) is 1.81. The lowest BCUT2D eigenvalue weighted by molar-refractivity contribution is 0.613. The van der Waals surface area contributed by atoms with E-state index in [0.717, 1.165) is 29.5 Å². The van der Waals surface area contributed by atoms with Gasteiger partial charge in [0.05, 0.1) is 11.4 Å². The number of nitrogens with one attached hydrogen (secondary N) is 1. The molecule has 0 atom stereocenters. The summed E-state index contributed by atoms with van der Waals surface area (Å²) in [6, 6.07) is 6.34. The highest BCUT2D eigenvalue weighted by Crippen LogP contribution is 2.26. The van der Waals surface area contributed by atoms with Gasteiger partial charge in [-0.2, -0.15) is 0 Å². The molecule has 31 heavy (non-hydrogen) atoms. The van der Waals surface area contributed by atoms with Crippen LogP contribution < -0.4 is 11.2 Å². The number of rotatable bonds is 7. The smallest absolute Gasteiger partial charge is 0.325 e. The molecular formula is C22H26N6O2S. The van der Waals surface area contributed by atoms with E-state index in [-0.39, 0.29) is 0 Å². The average Bonchev–Trinajstić information content (AvgIpc) is 3.32. The van der Waals surface area contributed by atoms with Crippen molar-refractivity contribution in [2.45, 2.75) is 51.1 Å². The normalized spacial score (nSPS) is 11.5. The van der Waals surface area contributed by atoms with Crippen LogP contribution in [0.1, 0.15) is 36.7 Å². The van der Waals surface area contributed by atoms with Crippen molar-refractivity contribution < 1.29 is 0 Å². The molecule has 1 aromatic carbocycles. The zero-order valence-electron chi connectivity index (χ0n) is 18.2. The Morgan fingerprint density at radius 2 is 2.00 bits per heavy atom. The van der Waals surface area contributed by atoms with E-state index in [4.69, 9.17) is 0 Å². The molecule has 0 radical (unpaired) electrons. The van der Waals surface area contributed by atoms with E-state index in [1.54, 1.807) is 27.1 Å². The maximum absolute atomic E-state index is 12.4. The van der Waals surface area contributed by atoms with Crippen molar-refractivity contribution in [1.82, 2.24) is 28.7 Å². The highest BCUT2D eigenvalue weighted by Gasteiger charge is 2.17. The number of thioether (sulfide) groups is 1. The highest BCUT2D eigenvalue weighted by atomic mass is 32.2. The standard InChI is InChI=1S/C22H26N6O2S/c1-5-6-10-28-19-18(20(29)25-21(28)30)26(4)17(24-19)13-31-22-23-9-11-27(22)16-12-14(2)7-8-15(16)3/h7-9,11-12H,5-6,10,13H2,1-4H3,(H,25,29,30). The summed E-state index contributed by atoms with van der Waals surface area (Å²) >= 11 is 1.55. The van der Waals surface area contributed by atoms with E-state index in [1.165, 1.54) is 11.1 Å². The van der Waals surface area contributed by atoms with Crippen molar-refractivity contribution in [3.05, 3.63) is 68.4 Å². The van der Waals surface area contributed by atoms with E-state index in [2.05, 4.69) is 58.5 Å². The first-order valence-electron chi connectivity index (χ1n) is 10.3. The summed E-state index contributed by atoms with van der Waals surface area (Å²) < 4.78 is 5.40. The van der Waals surface area contributed by atoms with Gasteiger partial charge in [0, 0.05) is 26.0 Å². The first-order valence-corrected chi connectivity index (χ1v) is 11.3. The number of nitrogens with zero attached hydrogens (tertiary/aromatic N) is 5. The largest absolute Gasteiger partial charge is 0.330 e. The van der Waals surface area contributed by atoms with Crippen LogP contribution in [0.3, 0.4) is 0 Å². The molecule has 3 heterocycles. The van der Waals surface area contributed by atoms with Gasteiger partial charge in [0.15, 0.2) is 16.3 Å². The number of H-pyrrole nitrogens is 1. The van der Waals surface area contributed by atoms with Gasteiger partial charge in [-0.05, 0) is 37.5 Å². The molecule has 4 aromatic rings. The van der Waals surface area contributed by atoms with Gasteiger partial charge in [0.2, 0.25) is 0 Å². The van der Waals surface area contributed by atoms with E-state index < -0.39 is 11.2 Å². The van der Waals surface area contributed by atoms with E-state index in [1.807, 2.05) is 13.2 Å². The Labute approximate surface area is 184 Å². The van der Waals surface area contributed by atoms with Gasteiger partial charge >= 0.3 is 5.69 Å². The molecular weight excluding hydrogens is 412 g/mol. The number of aromatic nitrogens is 6. The second-order valence-electron chi connectivity index (χ2n) is 7.68. The summed E-state index contributed by atoms with van der Waals surface area (Å²) in [5.41, 5.74) is 3.49. The van der Waals surface area contributed by atoms with Crippen LogP contribution in [0, 0.1) is 13.8 Å². The van der Waals surface area contributed by atoms with Crippen LogP contribution in [-0.2, 0) is 19.3 Å². The Kier molecular flexibility index (Phi) is 5.86. The second-order valence-corrected chi connectivity index (χ2v) is 8.62. The van der Waals surface area contributed by atoms with Crippen molar-refractivity contribution in [3.8, 4) is 5.69 Å². The first-order chi connectivity index (χ1) is 14.9. The molecule has 0 aliphatic heterocycles. The fourth-order valence-corrected chi connectivity index (χ4v) is 4.58. The lowest BCUT2D eigenvalue weighted by Gasteiger charge is -2.11. The summed E-state index contributed by atoms with van der Waals surface area (Å²) in [6.45, 7) is 6.74. The first kappa shape index (κ1) is 21.2. The number of benzene rings is 1. The maximum Gasteiger partial charge on any atom is 0.330 e. The van der Waals surface area contributed by atoms with Gasteiger partial charge < -0.3 is 4.57 Å². The van der Waals surface area contributed by atoms with Gasteiger partial charge in [-0.25, -0.2) is 14.8 Å². The van der Waals surface area contributed by atoms with Crippen molar-refractivity contribution in [1.29, 1.82) is 0 Å². The summed E-state index contributed by atoms with van der Waals surface area (Å²) in [5.74, 6) is 1.24. The Morgan fingerprint density at radius 3 is 2.77 bits per heavy atom. The number of aromatic amines is 1. The Morgan fingerprint density at radius 1 is 1.19 bits per heavy atom. The molecule has 9 heteroatoms. The van der Waals surface area contributed by atoms with E-state index >= 15 is 0 Å². The van der Waals surface area contributed by atoms with Gasteiger partial charge in [0.1, 0.15) is 5.82 Å². The Hall–Kier alpha value is -3.07. The molecule has 0 bridgehead atoms. The predicted octanol–water partition coefficient (Wildman–Crippen LogP) is 3.32. The number of imidazole rings is 2. The van der Waals surface area contributed by atoms with Crippen molar-refractivity contribution in [2.24, 2.45) is 7.05 Å². The third-order valence-corrected chi connectivity index (χ3v) is 6.37. The number of hydrogen-bond acceptors (Lipinski definition) is 5. The van der Waals surface area contributed by atoms with Gasteiger partial charge in [-0.1, -0.05) is 37.2 Å². The molecule has 0 saturated heterocycles. The molecule has 4 rings (SSSR count). The van der Waals surface area contributed by atoms with Gasteiger partial charge in [-0.3, -0.25) is 18.9 Å². The topological polar surface area (TPSA) is 90.5 Å². The second kappa shape index (κ2) is 8.58. The minimum Gasteiger partial charge on any atom is -0.325 e. The molecule has 1 N–H and O–H groups in total. The van der Waals surface area contributed by atoms with Crippen molar-refractivity contribution in [2.75, 3.05) is 0 Å². The zero-order chi connectivity index (χ0) is 22.1. The van der Waals surface area contributed by atoms with Gasteiger partial charge in [-0.15, -0.1) is 0 Å². The van der Waals surface area contributed by atoms with Crippen molar-refractivity contribution >= 4 is 22.9 Å². The number of unbranched alkanes of at least 4 members (excludes halogenated alkanes) is 1. The van der Waals surface area contributed by atoms with Crippen LogP contribution in [0.5, 0.6) is 0 Å². The van der Waals surface area contributed by atoms with Crippen LogP contribution in [0.2, 0.25) is 0 Å². The molecule has 0 unspecified atom stereocenters. The van der Waals surface area contributed by atoms with Crippen LogP contribution in [0.15, 0.2) is 45.3 Å². The molecule has 0 aliphatic carbocycles. The predicted molar refractivity (Wildman–Crippen MR) is 123 cm³/mol. The SMILES string of the molecule is CCCCn1c(=O)[nH]c(=O)c2c1nc(CSc1nccn1-c1cc(C)ccc1C)n2C. The van der Waals surface area contributed by atoms with Crippen molar-refractivity contribution in [3.63, 3.8) is 0 Å².